The van der Waals surface area contributed by atoms with Gasteiger partial charge in [-0.05, 0) is 19.3 Å². The van der Waals surface area contributed by atoms with Crippen LogP contribution in [0.4, 0.5) is 0 Å². The van der Waals surface area contributed by atoms with E-state index in [-0.39, 0.29) is 24.7 Å². The first-order valence-electron chi connectivity index (χ1n) is 4.88. The highest BCUT2D eigenvalue weighted by Crippen LogP contribution is 2.23. The SMILES string of the molecule is C=C1CCC(OCC(=O)NC)C(N)C1. The average molecular weight is 198 g/mol. The molecule has 4 nitrogen and oxygen atoms in total. The van der Waals surface area contributed by atoms with Gasteiger partial charge >= 0.3 is 0 Å². The molecule has 1 amide bonds. The fourth-order valence-electron chi connectivity index (χ4n) is 1.59. The van der Waals surface area contributed by atoms with Crippen LogP contribution in [0.2, 0.25) is 0 Å². The highest BCUT2D eigenvalue weighted by Gasteiger charge is 2.24. The van der Waals surface area contributed by atoms with Crippen molar-refractivity contribution in [2.75, 3.05) is 13.7 Å². The Morgan fingerprint density at radius 2 is 2.50 bits per heavy atom. The van der Waals surface area contributed by atoms with Crippen LogP contribution in [0, 0.1) is 0 Å². The van der Waals surface area contributed by atoms with Crippen molar-refractivity contribution >= 4 is 5.91 Å². The van der Waals surface area contributed by atoms with Gasteiger partial charge in [-0.2, -0.15) is 0 Å². The Bertz CT molecular complexity index is 228. The summed E-state index contributed by atoms with van der Waals surface area (Å²) in [5.74, 6) is -0.110. The van der Waals surface area contributed by atoms with Crippen LogP contribution in [0.25, 0.3) is 0 Å². The smallest absolute Gasteiger partial charge is 0.245 e. The summed E-state index contributed by atoms with van der Waals surface area (Å²) in [6.07, 6.45) is 2.62. The van der Waals surface area contributed by atoms with Gasteiger partial charge in [0.1, 0.15) is 6.61 Å². The number of ether oxygens (including phenoxy) is 1. The number of amides is 1. The average Bonchev–Trinajstić information content (AvgIpc) is 2.16. The molecule has 3 N–H and O–H groups in total. The summed E-state index contributed by atoms with van der Waals surface area (Å²) < 4.78 is 5.42. The monoisotopic (exact) mass is 198 g/mol. The molecule has 0 aromatic carbocycles. The number of rotatable bonds is 3. The summed E-state index contributed by atoms with van der Waals surface area (Å²) in [6.45, 7) is 3.99. The Hall–Kier alpha value is -0.870. The second-order valence-corrected chi connectivity index (χ2v) is 3.68. The van der Waals surface area contributed by atoms with Crippen molar-refractivity contribution < 1.29 is 9.53 Å². The Morgan fingerprint density at radius 3 is 3.07 bits per heavy atom. The van der Waals surface area contributed by atoms with E-state index >= 15 is 0 Å². The Morgan fingerprint density at radius 1 is 1.79 bits per heavy atom. The minimum absolute atomic E-state index is 0.00204. The standard InChI is InChI=1S/C10H18N2O2/c1-7-3-4-9(8(11)5-7)14-6-10(13)12-2/h8-9H,1,3-6,11H2,2H3,(H,12,13). The highest BCUT2D eigenvalue weighted by atomic mass is 16.5. The van der Waals surface area contributed by atoms with Gasteiger partial charge in [-0.15, -0.1) is 0 Å². The van der Waals surface area contributed by atoms with E-state index in [1.807, 2.05) is 0 Å². The molecule has 1 aliphatic rings. The van der Waals surface area contributed by atoms with Gasteiger partial charge < -0.3 is 15.8 Å². The van der Waals surface area contributed by atoms with Crippen LogP contribution in [0.15, 0.2) is 12.2 Å². The molecule has 1 saturated carbocycles. The van der Waals surface area contributed by atoms with E-state index in [1.165, 1.54) is 5.57 Å². The van der Waals surface area contributed by atoms with Crippen molar-refractivity contribution in [3.05, 3.63) is 12.2 Å². The molecule has 0 heterocycles. The molecule has 1 fully saturated rings. The number of nitrogens with two attached hydrogens (primary N) is 1. The zero-order valence-corrected chi connectivity index (χ0v) is 8.58. The van der Waals surface area contributed by atoms with Crippen LogP contribution in [0.3, 0.4) is 0 Å². The third kappa shape index (κ3) is 3.12. The fraction of sp³-hybridized carbons (Fsp3) is 0.700. The maximum Gasteiger partial charge on any atom is 0.245 e. The molecule has 2 atom stereocenters. The van der Waals surface area contributed by atoms with E-state index in [0.717, 1.165) is 19.3 Å². The van der Waals surface area contributed by atoms with Gasteiger partial charge in [0.15, 0.2) is 0 Å². The van der Waals surface area contributed by atoms with Gasteiger partial charge in [-0.3, -0.25) is 4.79 Å². The molecule has 1 rings (SSSR count). The lowest BCUT2D eigenvalue weighted by atomic mass is 9.90. The van der Waals surface area contributed by atoms with Crippen LogP contribution >= 0.6 is 0 Å². The topological polar surface area (TPSA) is 64.3 Å². The maximum absolute atomic E-state index is 10.9. The molecule has 0 radical (unpaired) electrons. The molecule has 1 aliphatic carbocycles. The molecular weight excluding hydrogens is 180 g/mol. The zero-order valence-electron chi connectivity index (χ0n) is 8.58. The quantitative estimate of drug-likeness (QED) is 0.636. The van der Waals surface area contributed by atoms with Crippen molar-refractivity contribution in [3.63, 3.8) is 0 Å². The van der Waals surface area contributed by atoms with Gasteiger partial charge in [-0.1, -0.05) is 12.2 Å². The summed E-state index contributed by atoms with van der Waals surface area (Å²) in [7, 11) is 1.59. The van der Waals surface area contributed by atoms with Crippen molar-refractivity contribution in [3.8, 4) is 0 Å². The van der Waals surface area contributed by atoms with E-state index in [2.05, 4.69) is 11.9 Å². The molecule has 80 valence electrons. The lowest BCUT2D eigenvalue weighted by Gasteiger charge is -2.29. The van der Waals surface area contributed by atoms with Crippen LogP contribution < -0.4 is 11.1 Å². The second kappa shape index (κ2) is 5.12. The molecule has 0 saturated heterocycles. The molecule has 0 aromatic heterocycles. The molecule has 14 heavy (non-hydrogen) atoms. The summed E-state index contributed by atoms with van der Waals surface area (Å²) >= 11 is 0. The number of hydrogen-bond donors (Lipinski definition) is 2. The lowest BCUT2D eigenvalue weighted by Crippen LogP contribution is -2.41. The van der Waals surface area contributed by atoms with Gasteiger partial charge in [-0.25, -0.2) is 0 Å². The molecule has 0 spiro atoms. The van der Waals surface area contributed by atoms with Gasteiger partial charge in [0, 0.05) is 13.1 Å². The van der Waals surface area contributed by atoms with Gasteiger partial charge in [0.05, 0.1) is 6.10 Å². The summed E-state index contributed by atoms with van der Waals surface area (Å²) in [5, 5.41) is 2.51. The van der Waals surface area contributed by atoms with E-state index < -0.39 is 0 Å². The van der Waals surface area contributed by atoms with E-state index in [9.17, 15) is 4.79 Å². The number of carbonyl (C=O) groups is 1. The van der Waals surface area contributed by atoms with Crippen molar-refractivity contribution in [2.45, 2.75) is 31.4 Å². The largest absolute Gasteiger partial charge is 0.367 e. The fourth-order valence-corrected chi connectivity index (χ4v) is 1.59. The summed E-state index contributed by atoms with van der Waals surface area (Å²) in [4.78, 5) is 10.9. The molecule has 0 aliphatic heterocycles. The van der Waals surface area contributed by atoms with E-state index in [0.29, 0.717) is 0 Å². The molecule has 0 bridgehead atoms. The van der Waals surface area contributed by atoms with E-state index in [4.69, 9.17) is 10.5 Å². The van der Waals surface area contributed by atoms with Crippen LogP contribution in [0.5, 0.6) is 0 Å². The molecule has 2 unspecified atom stereocenters. The van der Waals surface area contributed by atoms with Crippen LogP contribution in [0.1, 0.15) is 19.3 Å². The normalized spacial score (nSPS) is 27.4. The predicted octanol–water partition coefficient (Wildman–Crippen LogP) is 0.185. The first-order chi connectivity index (χ1) is 6.63. The minimum Gasteiger partial charge on any atom is -0.367 e. The minimum atomic E-state index is -0.110. The summed E-state index contributed by atoms with van der Waals surface area (Å²) in [5.41, 5.74) is 7.06. The maximum atomic E-state index is 10.9. The second-order valence-electron chi connectivity index (χ2n) is 3.68. The number of carbonyl (C=O) groups excluding carboxylic acids is 1. The van der Waals surface area contributed by atoms with Crippen molar-refractivity contribution in [2.24, 2.45) is 5.73 Å². The highest BCUT2D eigenvalue weighted by molar-refractivity contribution is 5.76. The Labute approximate surface area is 84.5 Å². The van der Waals surface area contributed by atoms with Crippen molar-refractivity contribution in [1.82, 2.24) is 5.32 Å². The van der Waals surface area contributed by atoms with Gasteiger partial charge in [0.25, 0.3) is 0 Å². The molecule has 0 aromatic rings. The van der Waals surface area contributed by atoms with E-state index in [1.54, 1.807) is 7.05 Å². The lowest BCUT2D eigenvalue weighted by molar-refractivity contribution is -0.128. The van der Waals surface area contributed by atoms with Crippen LogP contribution in [-0.4, -0.2) is 31.7 Å². The molecule has 4 heteroatoms. The summed E-state index contributed by atoms with van der Waals surface area (Å²) in [6, 6.07) is -0.0130. The number of hydrogen-bond acceptors (Lipinski definition) is 3. The number of nitrogens with one attached hydrogen (secondary N) is 1. The van der Waals surface area contributed by atoms with Crippen LogP contribution in [-0.2, 0) is 9.53 Å². The predicted molar refractivity (Wildman–Crippen MR) is 54.8 cm³/mol. The van der Waals surface area contributed by atoms with Crippen molar-refractivity contribution in [1.29, 1.82) is 0 Å². The number of likely N-dealkylation sites (N-methyl/N-ethyl adjacent to an activating group) is 1. The zero-order chi connectivity index (χ0) is 10.6. The third-order valence-corrected chi connectivity index (χ3v) is 2.49. The third-order valence-electron chi connectivity index (χ3n) is 2.49. The Kier molecular flexibility index (Phi) is 4.10. The Balaban J connectivity index is 2.30. The first-order valence-corrected chi connectivity index (χ1v) is 4.88. The molecular formula is C10H18N2O2. The van der Waals surface area contributed by atoms with Gasteiger partial charge in [0.2, 0.25) is 5.91 Å². The first kappa shape index (κ1) is 11.2.